The van der Waals surface area contributed by atoms with Gasteiger partial charge in [-0.3, -0.25) is 0 Å². The third-order valence-electron chi connectivity index (χ3n) is 3.67. The summed E-state index contributed by atoms with van der Waals surface area (Å²) in [5.74, 6) is -0.308. The number of alkyl carbamates (subject to hydrolysis) is 1. The lowest BCUT2D eigenvalue weighted by Crippen LogP contribution is -2.41. The SMILES string of the molecule is CCOC(=O)c1ccc2c(c1)C[C@@H](NC(=O)OC(C)(C)C)CC2. The molecule has 0 spiro atoms. The Labute approximate surface area is 137 Å². The molecule has 0 radical (unpaired) electrons. The van der Waals surface area contributed by atoms with Gasteiger partial charge in [-0.15, -0.1) is 0 Å². The lowest BCUT2D eigenvalue weighted by Gasteiger charge is -2.27. The van der Waals surface area contributed by atoms with E-state index in [1.54, 1.807) is 13.0 Å². The fraction of sp³-hybridized carbons (Fsp3) is 0.556. The minimum atomic E-state index is -0.506. The summed E-state index contributed by atoms with van der Waals surface area (Å²) in [5, 5.41) is 2.91. The molecule has 23 heavy (non-hydrogen) atoms. The van der Waals surface area contributed by atoms with E-state index in [0.717, 1.165) is 18.4 Å². The van der Waals surface area contributed by atoms with Gasteiger partial charge in [0.1, 0.15) is 5.60 Å². The molecular formula is C18H25NO4. The average molecular weight is 319 g/mol. The lowest BCUT2D eigenvalue weighted by atomic mass is 9.87. The van der Waals surface area contributed by atoms with Crippen LogP contribution in [0.1, 0.15) is 55.6 Å². The maximum Gasteiger partial charge on any atom is 0.407 e. The molecule has 1 aliphatic rings. The van der Waals surface area contributed by atoms with Gasteiger partial charge in [0.2, 0.25) is 0 Å². The summed E-state index contributed by atoms with van der Waals surface area (Å²) in [7, 11) is 0. The largest absolute Gasteiger partial charge is 0.462 e. The molecule has 1 N–H and O–H groups in total. The highest BCUT2D eigenvalue weighted by molar-refractivity contribution is 5.89. The van der Waals surface area contributed by atoms with E-state index in [9.17, 15) is 9.59 Å². The molecule has 2 rings (SSSR count). The number of esters is 1. The third-order valence-corrected chi connectivity index (χ3v) is 3.67. The first kappa shape index (κ1) is 17.3. The zero-order chi connectivity index (χ0) is 17.0. The molecule has 5 nitrogen and oxygen atoms in total. The van der Waals surface area contributed by atoms with E-state index in [-0.39, 0.29) is 12.0 Å². The molecule has 0 heterocycles. The van der Waals surface area contributed by atoms with Crippen molar-refractivity contribution in [3.05, 3.63) is 34.9 Å². The van der Waals surface area contributed by atoms with Crippen molar-refractivity contribution < 1.29 is 19.1 Å². The van der Waals surface area contributed by atoms with Crippen molar-refractivity contribution in [2.75, 3.05) is 6.61 Å². The van der Waals surface area contributed by atoms with Crippen LogP contribution in [0.25, 0.3) is 0 Å². The van der Waals surface area contributed by atoms with E-state index in [0.29, 0.717) is 18.6 Å². The molecule has 0 bridgehead atoms. The molecule has 1 atom stereocenters. The number of carbonyl (C=O) groups is 2. The number of carbonyl (C=O) groups excluding carboxylic acids is 2. The second-order valence-electron chi connectivity index (χ2n) is 6.79. The summed E-state index contributed by atoms with van der Waals surface area (Å²) < 4.78 is 10.3. The molecule has 0 saturated carbocycles. The molecule has 1 aromatic carbocycles. The summed E-state index contributed by atoms with van der Waals surface area (Å²) in [4.78, 5) is 23.7. The number of hydrogen-bond donors (Lipinski definition) is 1. The van der Waals surface area contributed by atoms with Crippen molar-refractivity contribution in [2.24, 2.45) is 0 Å². The van der Waals surface area contributed by atoms with E-state index in [1.807, 2.05) is 32.9 Å². The van der Waals surface area contributed by atoms with E-state index in [4.69, 9.17) is 9.47 Å². The van der Waals surface area contributed by atoms with Gasteiger partial charge in [-0.25, -0.2) is 9.59 Å². The number of nitrogens with one attached hydrogen (secondary N) is 1. The van der Waals surface area contributed by atoms with Crippen molar-refractivity contribution in [3.63, 3.8) is 0 Å². The predicted octanol–water partition coefficient (Wildman–Crippen LogP) is 3.25. The Hall–Kier alpha value is -2.04. The Morgan fingerprint density at radius 3 is 2.65 bits per heavy atom. The summed E-state index contributed by atoms with van der Waals surface area (Å²) in [6, 6.07) is 5.68. The van der Waals surface area contributed by atoms with Crippen LogP contribution in [0.15, 0.2) is 18.2 Å². The Morgan fingerprint density at radius 1 is 1.26 bits per heavy atom. The van der Waals surface area contributed by atoms with Crippen LogP contribution in [0, 0.1) is 0 Å². The topological polar surface area (TPSA) is 64.6 Å². The number of amides is 1. The van der Waals surface area contributed by atoms with Crippen molar-refractivity contribution >= 4 is 12.1 Å². The smallest absolute Gasteiger partial charge is 0.407 e. The maximum absolute atomic E-state index is 11.9. The molecule has 0 aliphatic heterocycles. The van der Waals surface area contributed by atoms with Crippen molar-refractivity contribution in [3.8, 4) is 0 Å². The highest BCUT2D eigenvalue weighted by Gasteiger charge is 2.24. The third kappa shape index (κ3) is 4.98. The molecule has 1 aliphatic carbocycles. The van der Waals surface area contributed by atoms with Crippen molar-refractivity contribution in [1.29, 1.82) is 0 Å². The summed E-state index contributed by atoms with van der Waals surface area (Å²) in [5.41, 5.74) is 2.36. The first-order chi connectivity index (χ1) is 10.8. The monoisotopic (exact) mass is 319 g/mol. The second kappa shape index (κ2) is 7.02. The van der Waals surface area contributed by atoms with Crippen LogP contribution in [0.5, 0.6) is 0 Å². The van der Waals surface area contributed by atoms with Gasteiger partial charge in [0.25, 0.3) is 0 Å². The van der Waals surface area contributed by atoms with Crippen molar-refractivity contribution in [2.45, 2.75) is 58.6 Å². The second-order valence-corrected chi connectivity index (χ2v) is 6.79. The van der Waals surface area contributed by atoms with Crippen LogP contribution in [-0.2, 0) is 22.3 Å². The van der Waals surface area contributed by atoms with Crippen LogP contribution < -0.4 is 5.32 Å². The molecule has 0 unspecified atom stereocenters. The van der Waals surface area contributed by atoms with Crippen LogP contribution in [0.4, 0.5) is 4.79 Å². The van der Waals surface area contributed by atoms with E-state index >= 15 is 0 Å². The van der Waals surface area contributed by atoms with Crippen LogP contribution in [0.2, 0.25) is 0 Å². The van der Waals surface area contributed by atoms with E-state index < -0.39 is 11.7 Å². The maximum atomic E-state index is 11.9. The molecule has 126 valence electrons. The summed E-state index contributed by atoms with van der Waals surface area (Å²) in [6.07, 6.45) is 2.04. The van der Waals surface area contributed by atoms with E-state index in [1.165, 1.54) is 5.56 Å². The Morgan fingerprint density at radius 2 is 2.00 bits per heavy atom. The lowest BCUT2D eigenvalue weighted by molar-refractivity contribution is 0.0494. The molecule has 0 fully saturated rings. The van der Waals surface area contributed by atoms with Gasteiger partial charge in [0, 0.05) is 6.04 Å². The molecule has 1 aromatic rings. The molecule has 0 aromatic heterocycles. The zero-order valence-corrected chi connectivity index (χ0v) is 14.3. The zero-order valence-electron chi connectivity index (χ0n) is 14.3. The van der Waals surface area contributed by atoms with Gasteiger partial charge >= 0.3 is 12.1 Å². The number of rotatable bonds is 3. The van der Waals surface area contributed by atoms with Crippen LogP contribution in [-0.4, -0.2) is 30.3 Å². The van der Waals surface area contributed by atoms with Crippen molar-refractivity contribution in [1.82, 2.24) is 5.32 Å². The first-order valence-corrected chi connectivity index (χ1v) is 8.07. The Balaban J connectivity index is 2.03. The summed E-state index contributed by atoms with van der Waals surface area (Å²) >= 11 is 0. The summed E-state index contributed by atoms with van der Waals surface area (Å²) in [6.45, 7) is 7.67. The van der Waals surface area contributed by atoms with Gasteiger partial charge < -0.3 is 14.8 Å². The quantitative estimate of drug-likeness (QED) is 0.869. The minimum Gasteiger partial charge on any atom is -0.462 e. The van der Waals surface area contributed by atoms with Gasteiger partial charge in [-0.2, -0.15) is 0 Å². The number of benzene rings is 1. The van der Waals surface area contributed by atoms with E-state index in [2.05, 4.69) is 5.32 Å². The number of ether oxygens (including phenoxy) is 2. The fourth-order valence-electron chi connectivity index (χ4n) is 2.70. The number of hydrogen-bond acceptors (Lipinski definition) is 4. The van der Waals surface area contributed by atoms with Crippen LogP contribution >= 0.6 is 0 Å². The van der Waals surface area contributed by atoms with Gasteiger partial charge in [0.05, 0.1) is 12.2 Å². The van der Waals surface area contributed by atoms with Gasteiger partial charge in [-0.1, -0.05) is 6.07 Å². The highest BCUT2D eigenvalue weighted by atomic mass is 16.6. The molecule has 1 amide bonds. The number of aryl methyl sites for hydroxylation is 1. The fourth-order valence-corrected chi connectivity index (χ4v) is 2.70. The number of fused-ring (bicyclic) bond motifs is 1. The Kier molecular flexibility index (Phi) is 5.29. The molecule has 0 saturated heterocycles. The minimum absolute atomic E-state index is 0.0230. The molecular weight excluding hydrogens is 294 g/mol. The average Bonchev–Trinajstić information content (AvgIpc) is 2.44. The molecule has 5 heteroatoms. The Bertz CT molecular complexity index is 589. The van der Waals surface area contributed by atoms with Crippen LogP contribution in [0.3, 0.4) is 0 Å². The predicted molar refractivity (Wildman–Crippen MR) is 87.6 cm³/mol. The first-order valence-electron chi connectivity index (χ1n) is 8.07. The highest BCUT2D eigenvalue weighted by Crippen LogP contribution is 2.23. The van der Waals surface area contributed by atoms with Gasteiger partial charge in [-0.05, 0) is 70.2 Å². The standard InChI is InChI=1S/C18H25NO4/c1-5-22-16(20)13-7-6-12-8-9-15(11-14(12)10-13)19-17(21)23-18(2,3)4/h6-7,10,15H,5,8-9,11H2,1-4H3,(H,19,21)/t15-/m0/s1. The van der Waals surface area contributed by atoms with Gasteiger partial charge in [0.15, 0.2) is 0 Å². The normalized spacial score (nSPS) is 17.1.